The molecule has 1 unspecified atom stereocenters. The maximum absolute atomic E-state index is 13.4. The third-order valence-electron chi connectivity index (χ3n) is 4.74. The number of hydrogen-bond acceptors (Lipinski definition) is 5. The minimum Gasteiger partial charge on any atom is -0.405 e. The van der Waals surface area contributed by atoms with Gasteiger partial charge in [0.1, 0.15) is 6.34 Å². The van der Waals surface area contributed by atoms with Gasteiger partial charge in [-0.05, 0) is 62.2 Å². The Hall–Kier alpha value is -3.12. The van der Waals surface area contributed by atoms with E-state index in [9.17, 15) is 26.7 Å². The molecule has 36 heavy (non-hydrogen) atoms. The van der Waals surface area contributed by atoms with Crippen molar-refractivity contribution < 1.29 is 31.5 Å². The molecule has 1 aromatic rings. The SMILES string of the molecule is C=C(CCCC(=NC=N)C(C)N(CC(F)F)C(=O)c1cc(Cl)cc(COC(F)(F)F)c1)N=C/C=C\N. The first-order valence-corrected chi connectivity index (χ1v) is 11.0. The Kier molecular flexibility index (Phi) is 13.0. The minimum absolute atomic E-state index is 0.0650. The molecule has 1 atom stereocenters. The number of carbonyl (C=O) groups is 1. The molecule has 13 heteroatoms. The fraction of sp³-hybridized carbons (Fsp3) is 0.391. The second kappa shape index (κ2) is 15.1. The van der Waals surface area contributed by atoms with Crippen LogP contribution in [0, 0.1) is 5.41 Å². The molecule has 198 valence electrons. The summed E-state index contributed by atoms with van der Waals surface area (Å²) in [6, 6.07) is 2.47. The molecule has 0 spiro atoms. The zero-order chi connectivity index (χ0) is 27.3. The summed E-state index contributed by atoms with van der Waals surface area (Å²) in [5, 5.41) is 7.25. The minimum atomic E-state index is -4.90. The molecule has 1 aromatic carbocycles. The lowest BCUT2D eigenvalue weighted by Gasteiger charge is -2.30. The van der Waals surface area contributed by atoms with Gasteiger partial charge in [0.15, 0.2) is 0 Å². The number of nitrogens with zero attached hydrogens (tertiary/aromatic N) is 3. The molecule has 0 aliphatic carbocycles. The predicted molar refractivity (Wildman–Crippen MR) is 130 cm³/mol. The van der Waals surface area contributed by atoms with E-state index >= 15 is 0 Å². The number of allylic oxidation sites excluding steroid dienone is 2. The zero-order valence-electron chi connectivity index (χ0n) is 19.4. The van der Waals surface area contributed by atoms with Crippen molar-refractivity contribution >= 4 is 35.8 Å². The van der Waals surface area contributed by atoms with Crippen LogP contribution in [0.2, 0.25) is 5.02 Å². The average molecular weight is 536 g/mol. The lowest BCUT2D eigenvalue weighted by atomic mass is 10.0. The summed E-state index contributed by atoms with van der Waals surface area (Å²) < 4.78 is 67.8. The Morgan fingerprint density at radius 3 is 2.58 bits per heavy atom. The number of amides is 1. The summed E-state index contributed by atoms with van der Waals surface area (Å²) >= 11 is 5.95. The van der Waals surface area contributed by atoms with E-state index in [0.29, 0.717) is 18.5 Å². The highest BCUT2D eigenvalue weighted by molar-refractivity contribution is 6.31. The van der Waals surface area contributed by atoms with Crippen molar-refractivity contribution in [2.45, 2.75) is 51.6 Å². The van der Waals surface area contributed by atoms with Crippen molar-refractivity contribution in [2.24, 2.45) is 15.7 Å². The van der Waals surface area contributed by atoms with Gasteiger partial charge in [0.2, 0.25) is 0 Å². The van der Waals surface area contributed by atoms with Gasteiger partial charge in [-0.15, -0.1) is 13.2 Å². The number of carbonyl (C=O) groups excluding carboxylic acids is 1. The van der Waals surface area contributed by atoms with E-state index in [1.165, 1.54) is 31.5 Å². The first-order valence-electron chi connectivity index (χ1n) is 10.6. The van der Waals surface area contributed by atoms with Crippen LogP contribution in [0.25, 0.3) is 0 Å². The van der Waals surface area contributed by atoms with Crippen LogP contribution in [0.5, 0.6) is 0 Å². The number of benzene rings is 1. The van der Waals surface area contributed by atoms with Crippen LogP contribution in [0.4, 0.5) is 22.0 Å². The van der Waals surface area contributed by atoms with Gasteiger partial charge in [-0.25, -0.2) is 13.8 Å². The maximum Gasteiger partial charge on any atom is 0.522 e. The lowest BCUT2D eigenvalue weighted by molar-refractivity contribution is -0.330. The van der Waals surface area contributed by atoms with Crippen LogP contribution in [0.3, 0.4) is 0 Å². The molecular formula is C23H27ClF5N5O2. The standard InChI is InChI=1S/C23H27ClF5N5O2/c1-15(32-8-4-7-30)5-3-6-20(33-14-31)16(2)34(12-21(25)26)22(35)18-9-17(10-19(24)11-18)13-36-23(27,28)29/h4,7-11,14,16,21,31H,1,3,5-6,12-13,30H2,2H3/b7-4-,31-14?,32-8?,33-20?. The molecule has 3 N–H and O–H groups in total. The Morgan fingerprint density at radius 1 is 1.31 bits per heavy atom. The first-order chi connectivity index (χ1) is 16.9. The largest absolute Gasteiger partial charge is 0.522 e. The number of aliphatic imine (C=N–C) groups is 2. The summed E-state index contributed by atoms with van der Waals surface area (Å²) in [6.07, 6.45) is -1.68. The van der Waals surface area contributed by atoms with Crippen LogP contribution >= 0.6 is 11.6 Å². The number of nitrogens with two attached hydrogens (primary N) is 1. The van der Waals surface area contributed by atoms with Crippen molar-refractivity contribution in [1.82, 2.24) is 4.90 Å². The van der Waals surface area contributed by atoms with Crippen molar-refractivity contribution in [2.75, 3.05) is 6.54 Å². The molecule has 0 aliphatic heterocycles. The molecule has 0 bridgehead atoms. The Labute approximate surface area is 210 Å². The van der Waals surface area contributed by atoms with Gasteiger partial charge in [0.05, 0.1) is 19.2 Å². The van der Waals surface area contributed by atoms with Crippen molar-refractivity contribution in [3.63, 3.8) is 0 Å². The van der Waals surface area contributed by atoms with Crippen molar-refractivity contribution in [3.8, 4) is 0 Å². The van der Waals surface area contributed by atoms with Crippen LogP contribution < -0.4 is 5.73 Å². The monoisotopic (exact) mass is 535 g/mol. The maximum atomic E-state index is 13.4. The molecule has 7 nitrogen and oxygen atoms in total. The highest BCUT2D eigenvalue weighted by atomic mass is 35.5. The van der Waals surface area contributed by atoms with E-state index in [2.05, 4.69) is 21.3 Å². The Balaban J connectivity index is 3.12. The van der Waals surface area contributed by atoms with Gasteiger partial charge in [0, 0.05) is 28.2 Å². The summed E-state index contributed by atoms with van der Waals surface area (Å²) in [5.41, 5.74) is 5.77. The third kappa shape index (κ3) is 11.5. The molecule has 0 heterocycles. The molecule has 0 fully saturated rings. The summed E-state index contributed by atoms with van der Waals surface area (Å²) in [5.74, 6) is -0.890. The third-order valence-corrected chi connectivity index (χ3v) is 4.95. The molecule has 0 saturated carbocycles. The molecule has 0 saturated heterocycles. The Bertz CT molecular complexity index is 996. The van der Waals surface area contributed by atoms with Gasteiger partial charge < -0.3 is 10.6 Å². The molecule has 0 aliphatic rings. The van der Waals surface area contributed by atoms with E-state index < -0.39 is 37.9 Å². The second-order valence-corrected chi connectivity index (χ2v) is 7.88. The van der Waals surface area contributed by atoms with Crippen LogP contribution in [-0.2, 0) is 11.3 Å². The summed E-state index contributed by atoms with van der Waals surface area (Å²) in [7, 11) is 0. The molecule has 1 amide bonds. The predicted octanol–water partition coefficient (Wildman–Crippen LogP) is 5.75. The van der Waals surface area contributed by atoms with Gasteiger partial charge in [-0.2, -0.15) is 0 Å². The molecule has 0 aromatic heterocycles. The average Bonchev–Trinajstić information content (AvgIpc) is 2.79. The number of halogens is 6. The first kappa shape index (κ1) is 30.9. The number of hydrogen-bond donors (Lipinski definition) is 2. The highest BCUT2D eigenvalue weighted by Gasteiger charge is 2.30. The lowest BCUT2D eigenvalue weighted by Crippen LogP contribution is -2.46. The highest BCUT2D eigenvalue weighted by Crippen LogP contribution is 2.23. The Morgan fingerprint density at radius 2 is 2.00 bits per heavy atom. The van der Waals surface area contributed by atoms with E-state index in [1.807, 2.05) is 0 Å². The topological polar surface area (TPSA) is 104 Å². The van der Waals surface area contributed by atoms with Gasteiger partial charge >= 0.3 is 6.36 Å². The fourth-order valence-electron chi connectivity index (χ4n) is 3.13. The summed E-state index contributed by atoms with van der Waals surface area (Å²) in [4.78, 5) is 22.0. The number of nitrogens with one attached hydrogen (secondary N) is 1. The second-order valence-electron chi connectivity index (χ2n) is 7.44. The van der Waals surface area contributed by atoms with Crippen molar-refractivity contribution in [1.29, 1.82) is 5.41 Å². The quantitative estimate of drug-likeness (QED) is 0.180. The number of rotatable bonds is 14. The van der Waals surface area contributed by atoms with E-state index in [1.54, 1.807) is 0 Å². The van der Waals surface area contributed by atoms with E-state index in [0.717, 1.165) is 23.4 Å². The van der Waals surface area contributed by atoms with Crippen LogP contribution in [-0.4, -0.2) is 54.4 Å². The van der Waals surface area contributed by atoms with Crippen LogP contribution in [0.1, 0.15) is 42.1 Å². The summed E-state index contributed by atoms with van der Waals surface area (Å²) in [6.45, 7) is 3.38. The molecular weight excluding hydrogens is 509 g/mol. The number of alkyl halides is 5. The van der Waals surface area contributed by atoms with Gasteiger partial charge in [0.25, 0.3) is 12.3 Å². The molecule has 1 rings (SSSR count). The van der Waals surface area contributed by atoms with Crippen molar-refractivity contribution in [3.05, 3.63) is 58.9 Å². The van der Waals surface area contributed by atoms with Crippen LogP contribution in [0.15, 0.2) is 52.7 Å². The molecule has 0 radical (unpaired) electrons. The van der Waals surface area contributed by atoms with Gasteiger partial charge in [-0.3, -0.25) is 19.9 Å². The fourth-order valence-corrected chi connectivity index (χ4v) is 3.39. The van der Waals surface area contributed by atoms with Gasteiger partial charge in [-0.1, -0.05) is 18.2 Å². The smallest absolute Gasteiger partial charge is 0.405 e. The number of ether oxygens (including phenoxy) is 1. The van der Waals surface area contributed by atoms with E-state index in [-0.39, 0.29) is 28.3 Å². The van der Waals surface area contributed by atoms with E-state index in [4.69, 9.17) is 22.7 Å². The zero-order valence-corrected chi connectivity index (χ0v) is 20.2. The normalized spacial score (nSPS) is 13.5.